The molecule has 36 heavy (non-hydrogen) atoms. The highest BCUT2D eigenvalue weighted by Gasteiger charge is 2.30. The van der Waals surface area contributed by atoms with E-state index in [4.69, 9.17) is 14.7 Å². The number of methoxy groups -OCH3 is 2. The van der Waals surface area contributed by atoms with Gasteiger partial charge >= 0.3 is 6.18 Å². The first-order valence-electron chi connectivity index (χ1n) is 11.4. The summed E-state index contributed by atoms with van der Waals surface area (Å²) in [5, 5.41) is 10.9. The van der Waals surface area contributed by atoms with Crippen molar-refractivity contribution in [3.05, 3.63) is 47.8 Å². The number of amides is 1. The molecule has 1 amide bonds. The van der Waals surface area contributed by atoms with Gasteiger partial charge in [-0.25, -0.2) is 4.98 Å². The number of aromatic nitrogens is 2. The largest absolute Gasteiger partial charge is 0.496 e. The smallest absolute Gasteiger partial charge is 0.405 e. The summed E-state index contributed by atoms with van der Waals surface area (Å²) in [7, 11) is 2.66. The van der Waals surface area contributed by atoms with E-state index in [0.29, 0.717) is 18.2 Å². The average molecular weight is 502 g/mol. The van der Waals surface area contributed by atoms with E-state index in [2.05, 4.69) is 22.0 Å². The molecule has 190 valence electrons. The number of fused-ring (bicyclic) bond motifs is 1. The molecule has 1 saturated heterocycles. The van der Waals surface area contributed by atoms with Gasteiger partial charge in [0.25, 0.3) is 5.91 Å². The van der Waals surface area contributed by atoms with Crippen molar-refractivity contribution < 1.29 is 27.4 Å². The molecule has 2 aromatic carbocycles. The van der Waals surface area contributed by atoms with Crippen LogP contribution in [0.2, 0.25) is 0 Å². The van der Waals surface area contributed by atoms with Gasteiger partial charge in [0.15, 0.2) is 0 Å². The fraction of sp³-hybridized carbons (Fsp3) is 0.400. The molecule has 1 aliphatic heterocycles. The Morgan fingerprint density at radius 3 is 2.58 bits per heavy atom. The quantitative estimate of drug-likeness (QED) is 0.492. The van der Waals surface area contributed by atoms with Crippen molar-refractivity contribution in [2.75, 3.05) is 40.4 Å². The standard InChI is InChI=1S/C25H26F3N5O3/c1-35-21-11-18(12-22(36-2)23(21)24(34)30-14-25(26,27)28)33-15-31-19-10-16(5-6-20(19)33)17-4-3-8-32(13-17)9-7-29/h5-6,10-12,15,17H,3-4,8-9,13-14H2,1-2H3,(H,30,34). The van der Waals surface area contributed by atoms with Crippen molar-refractivity contribution in [1.82, 2.24) is 19.8 Å². The third-order valence-corrected chi connectivity index (χ3v) is 6.29. The summed E-state index contributed by atoms with van der Waals surface area (Å²) in [4.78, 5) is 19.2. The molecule has 2 heterocycles. The molecule has 1 N–H and O–H groups in total. The van der Waals surface area contributed by atoms with Gasteiger partial charge in [0.05, 0.1) is 43.6 Å². The second kappa shape index (κ2) is 10.5. The summed E-state index contributed by atoms with van der Waals surface area (Å²) in [5.41, 5.74) is 3.18. The van der Waals surface area contributed by atoms with Crippen molar-refractivity contribution >= 4 is 16.9 Å². The topological polar surface area (TPSA) is 92.4 Å². The van der Waals surface area contributed by atoms with Crippen LogP contribution in [0.1, 0.15) is 34.7 Å². The van der Waals surface area contributed by atoms with Crippen molar-refractivity contribution in [3.63, 3.8) is 0 Å². The van der Waals surface area contributed by atoms with Gasteiger partial charge in [0, 0.05) is 18.7 Å². The van der Waals surface area contributed by atoms with Crippen molar-refractivity contribution in [1.29, 1.82) is 5.26 Å². The summed E-state index contributed by atoms with van der Waals surface area (Å²) < 4.78 is 50.2. The van der Waals surface area contributed by atoms with Crippen LogP contribution in [0.3, 0.4) is 0 Å². The number of hydrogen-bond acceptors (Lipinski definition) is 6. The Labute approximate surface area is 206 Å². The Morgan fingerprint density at radius 2 is 1.94 bits per heavy atom. The number of benzene rings is 2. The molecule has 0 spiro atoms. The molecule has 11 heteroatoms. The number of nitrogens with zero attached hydrogens (tertiary/aromatic N) is 4. The maximum Gasteiger partial charge on any atom is 0.405 e. The van der Waals surface area contributed by atoms with Crippen LogP contribution in [0.5, 0.6) is 11.5 Å². The van der Waals surface area contributed by atoms with E-state index in [1.165, 1.54) is 14.2 Å². The van der Waals surface area contributed by atoms with Crippen molar-refractivity contribution in [2.24, 2.45) is 0 Å². The molecule has 1 atom stereocenters. The van der Waals surface area contributed by atoms with Crippen LogP contribution in [0.15, 0.2) is 36.7 Å². The number of nitrogens with one attached hydrogen (secondary N) is 1. The number of nitriles is 1. The fourth-order valence-electron chi connectivity index (χ4n) is 4.59. The molecule has 1 fully saturated rings. The van der Waals surface area contributed by atoms with Gasteiger partial charge in [-0.15, -0.1) is 0 Å². The second-order valence-electron chi connectivity index (χ2n) is 8.62. The third-order valence-electron chi connectivity index (χ3n) is 6.29. The van der Waals surface area contributed by atoms with Gasteiger partial charge in [-0.3, -0.25) is 14.3 Å². The zero-order valence-corrected chi connectivity index (χ0v) is 19.9. The summed E-state index contributed by atoms with van der Waals surface area (Å²) in [6, 6.07) is 11.4. The zero-order valence-electron chi connectivity index (χ0n) is 19.9. The lowest BCUT2D eigenvalue weighted by Gasteiger charge is -2.31. The first-order chi connectivity index (χ1) is 17.2. The predicted octanol–water partition coefficient (Wildman–Crippen LogP) is 4.04. The summed E-state index contributed by atoms with van der Waals surface area (Å²) in [6.07, 6.45) is -0.840. The molecule has 3 aromatic rings. The van der Waals surface area contributed by atoms with Crippen LogP contribution in [0.4, 0.5) is 13.2 Å². The zero-order chi connectivity index (χ0) is 25.9. The third kappa shape index (κ3) is 5.39. The Hall–Kier alpha value is -3.78. The molecule has 1 aromatic heterocycles. The molecule has 4 rings (SSSR count). The molecular formula is C25H26F3N5O3. The number of likely N-dealkylation sites (tertiary alicyclic amines) is 1. The van der Waals surface area contributed by atoms with Crippen molar-refractivity contribution in [3.8, 4) is 23.3 Å². The average Bonchev–Trinajstić information content (AvgIpc) is 3.29. The Bertz CT molecular complexity index is 1270. The lowest BCUT2D eigenvalue weighted by atomic mass is 9.90. The minimum atomic E-state index is -4.55. The number of piperidine rings is 1. The number of ether oxygens (including phenoxy) is 2. The van der Waals surface area contributed by atoms with E-state index in [0.717, 1.165) is 42.5 Å². The number of carbonyl (C=O) groups excluding carboxylic acids is 1. The lowest BCUT2D eigenvalue weighted by molar-refractivity contribution is -0.123. The van der Waals surface area contributed by atoms with Crippen LogP contribution in [0.25, 0.3) is 16.7 Å². The first-order valence-corrected chi connectivity index (χ1v) is 11.4. The number of halogens is 3. The van der Waals surface area contributed by atoms with E-state index in [-0.39, 0.29) is 17.1 Å². The number of carbonyl (C=O) groups is 1. The normalized spacial score (nSPS) is 16.5. The molecule has 0 bridgehead atoms. The number of imidazole rings is 1. The molecule has 8 nitrogen and oxygen atoms in total. The predicted molar refractivity (Wildman–Crippen MR) is 127 cm³/mol. The minimum Gasteiger partial charge on any atom is -0.496 e. The Kier molecular flexibility index (Phi) is 7.35. The number of rotatable bonds is 7. The summed E-state index contributed by atoms with van der Waals surface area (Å²) >= 11 is 0. The SMILES string of the molecule is COc1cc(-n2cnc3cc(C4CCCN(CC#N)C4)ccc32)cc(OC)c1C(=O)NCC(F)(F)F. The van der Waals surface area contributed by atoms with Gasteiger partial charge in [-0.05, 0) is 43.0 Å². The van der Waals surface area contributed by atoms with E-state index in [9.17, 15) is 18.0 Å². The molecule has 0 radical (unpaired) electrons. The second-order valence-corrected chi connectivity index (χ2v) is 8.62. The fourth-order valence-corrected chi connectivity index (χ4v) is 4.59. The molecule has 1 unspecified atom stereocenters. The van der Waals surface area contributed by atoms with Gasteiger partial charge in [0.2, 0.25) is 0 Å². The highest BCUT2D eigenvalue weighted by atomic mass is 19.4. The summed E-state index contributed by atoms with van der Waals surface area (Å²) in [5.74, 6) is -0.494. The minimum absolute atomic E-state index is 0.0716. The van der Waals surface area contributed by atoms with Gasteiger partial charge < -0.3 is 14.8 Å². The van der Waals surface area contributed by atoms with E-state index in [1.807, 2.05) is 17.4 Å². The van der Waals surface area contributed by atoms with Gasteiger partial charge in [-0.2, -0.15) is 18.4 Å². The van der Waals surface area contributed by atoms with Crippen LogP contribution in [0, 0.1) is 11.3 Å². The monoisotopic (exact) mass is 501 g/mol. The molecular weight excluding hydrogens is 475 g/mol. The maximum absolute atomic E-state index is 12.6. The Morgan fingerprint density at radius 1 is 1.22 bits per heavy atom. The molecule has 0 saturated carbocycles. The van der Waals surface area contributed by atoms with E-state index in [1.54, 1.807) is 23.0 Å². The highest BCUT2D eigenvalue weighted by molar-refractivity contribution is 6.00. The number of alkyl halides is 3. The van der Waals surface area contributed by atoms with Crippen LogP contribution in [-0.2, 0) is 0 Å². The molecule has 1 aliphatic rings. The maximum atomic E-state index is 12.6. The van der Waals surface area contributed by atoms with Gasteiger partial charge in [-0.1, -0.05) is 6.07 Å². The van der Waals surface area contributed by atoms with E-state index < -0.39 is 18.6 Å². The van der Waals surface area contributed by atoms with Crippen molar-refractivity contribution in [2.45, 2.75) is 24.9 Å². The summed E-state index contributed by atoms with van der Waals surface area (Å²) in [6.45, 7) is 0.700. The van der Waals surface area contributed by atoms with E-state index >= 15 is 0 Å². The van der Waals surface area contributed by atoms with Gasteiger partial charge in [0.1, 0.15) is 29.9 Å². The number of hydrogen-bond donors (Lipinski definition) is 1. The lowest BCUT2D eigenvalue weighted by Crippen LogP contribution is -2.34. The molecule has 0 aliphatic carbocycles. The van der Waals surface area contributed by atoms with Crippen LogP contribution in [-0.4, -0.2) is 66.9 Å². The first kappa shape index (κ1) is 25.3. The van der Waals surface area contributed by atoms with Crippen LogP contribution < -0.4 is 14.8 Å². The highest BCUT2D eigenvalue weighted by Crippen LogP contribution is 2.34. The van der Waals surface area contributed by atoms with Crippen LogP contribution >= 0.6 is 0 Å². The Balaban J connectivity index is 1.65.